The highest BCUT2D eigenvalue weighted by Gasteiger charge is 2.28. The van der Waals surface area contributed by atoms with Gasteiger partial charge in [-0.15, -0.1) is 0 Å². The number of hydrogen-bond donors (Lipinski definition) is 1. The highest BCUT2D eigenvalue weighted by Crippen LogP contribution is 2.27. The second-order valence-electron chi connectivity index (χ2n) is 5.67. The van der Waals surface area contributed by atoms with Crippen molar-refractivity contribution in [3.05, 3.63) is 34.3 Å². The first-order valence-corrected chi connectivity index (χ1v) is 8.18. The predicted molar refractivity (Wildman–Crippen MR) is 85.2 cm³/mol. The zero-order chi connectivity index (χ0) is 13.8. The fraction of sp³-hybridized carbons (Fsp3) is 0.625. The van der Waals surface area contributed by atoms with E-state index in [1.54, 1.807) is 0 Å². The zero-order valence-electron chi connectivity index (χ0n) is 12.0. The van der Waals surface area contributed by atoms with Crippen molar-refractivity contribution >= 4 is 15.9 Å². The Labute approximate surface area is 125 Å². The summed E-state index contributed by atoms with van der Waals surface area (Å²) in [6, 6.07) is 10.0. The maximum atomic E-state index is 6.31. The van der Waals surface area contributed by atoms with Crippen LogP contribution in [0.1, 0.15) is 51.1 Å². The van der Waals surface area contributed by atoms with Crippen LogP contribution in [-0.4, -0.2) is 23.5 Å². The van der Waals surface area contributed by atoms with Crippen LogP contribution >= 0.6 is 15.9 Å². The van der Waals surface area contributed by atoms with Gasteiger partial charge in [-0.25, -0.2) is 0 Å². The molecule has 1 heterocycles. The van der Waals surface area contributed by atoms with Crippen LogP contribution in [0.5, 0.6) is 0 Å². The van der Waals surface area contributed by atoms with E-state index in [0.29, 0.717) is 0 Å². The lowest BCUT2D eigenvalue weighted by Gasteiger charge is -2.28. The summed E-state index contributed by atoms with van der Waals surface area (Å²) in [5.74, 6) is 0. The zero-order valence-corrected chi connectivity index (χ0v) is 13.6. The molecule has 0 aromatic heterocycles. The van der Waals surface area contributed by atoms with Crippen molar-refractivity contribution in [1.29, 1.82) is 0 Å². The summed E-state index contributed by atoms with van der Waals surface area (Å²) in [4.78, 5) is 2.65. The second-order valence-corrected chi connectivity index (χ2v) is 6.59. The molecule has 0 amide bonds. The Bertz CT molecular complexity index is 390. The van der Waals surface area contributed by atoms with Crippen LogP contribution in [0, 0.1) is 0 Å². The van der Waals surface area contributed by atoms with Crippen LogP contribution in [0.2, 0.25) is 0 Å². The van der Waals surface area contributed by atoms with Crippen molar-refractivity contribution < 1.29 is 0 Å². The summed E-state index contributed by atoms with van der Waals surface area (Å²) in [5.41, 5.74) is 7.55. The van der Waals surface area contributed by atoms with Crippen molar-refractivity contribution in [2.45, 2.75) is 57.7 Å². The molecule has 0 bridgehead atoms. The number of nitrogens with two attached hydrogens (primary N) is 1. The van der Waals surface area contributed by atoms with Crippen LogP contribution < -0.4 is 5.73 Å². The molecule has 2 nitrogen and oxygen atoms in total. The van der Waals surface area contributed by atoms with E-state index in [-0.39, 0.29) is 6.04 Å². The standard InChI is InChI=1S/C16H25BrN2/c1-3-15-9-4-12(2)19(15)11-10-16(18)13-5-7-14(17)8-6-13/h5-8,12,15-16H,3-4,9-11,18H2,1-2H3. The first-order chi connectivity index (χ1) is 9.11. The minimum absolute atomic E-state index is 0.151. The van der Waals surface area contributed by atoms with Gasteiger partial charge in [-0.1, -0.05) is 35.0 Å². The summed E-state index contributed by atoms with van der Waals surface area (Å²) in [6.07, 6.45) is 5.00. The summed E-state index contributed by atoms with van der Waals surface area (Å²) < 4.78 is 1.11. The van der Waals surface area contributed by atoms with E-state index in [4.69, 9.17) is 5.73 Å². The lowest BCUT2D eigenvalue weighted by molar-refractivity contribution is 0.191. The molecule has 1 aliphatic heterocycles. The summed E-state index contributed by atoms with van der Waals surface area (Å²) >= 11 is 3.46. The quantitative estimate of drug-likeness (QED) is 0.883. The van der Waals surface area contributed by atoms with Gasteiger partial charge in [0.25, 0.3) is 0 Å². The van der Waals surface area contributed by atoms with E-state index in [1.165, 1.54) is 24.8 Å². The number of benzene rings is 1. The smallest absolute Gasteiger partial charge is 0.0307 e. The van der Waals surface area contributed by atoms with Crippen LogP contribution in [0.4, 0.5) is 0 Å². The Morgan fingerprint density at radius 1 is 1.32 bits per heavy atom. The van der Waals surface area contributed by atoms with Gasteiger partial charge in [0.2, 0.25) is 0 Å². The Morgan fingerprint density at radius 2 is 2.00 bits per heavy atom. The third kappa shape index (κ3) is 3.80. The third-order valence-corrected chi connectivity index (χ3v) is 4.95. The van der Waals surface area contributed by atoms with Crippen molar-refractivity contribution in [3.63, 3.8) is 0 Å². The molecule has 0 saturated carbocycles. The van der Waals surface area contributed by atoms with E-state index in [9.17, 15) is 0 Å². The van der Waals surface area contributed by atoms with E-state index in [2.05, 4.69) is 58.9 Å². The average Bonchev–Trinajstić information content (AvgIpc) is 2.77. The Kier molecular flexibility index (Phi) is 5.43. The monoisotopic (exact) mass is 324 g/mol. The van der Waals surface area contributed by atoms with Crippen molar-refractivity contribution in [2.75, 3.05) is 6.54 Å². The molecule has 0 radical (unpaired) electrons. The molecule has 1 saturated heterocycles. The van der Waals surface area contributed by atoms with E-state index < -0.39 is 0 Å². The lowest BCUT2D eigenvalue weighted by Crippen LogP contribution is -2.36. The lowest BCUT2D eigenvalue weighted by atomic mass is 10.0. The number of hydrogen-bond acceptors (Lipinski definition) is 2. The van der Waals surface area contributed by atoms with Gasteiger partial charge >= 0.3 is 0 Å². The van der Waals surface area contributed by atoms with E-state index in [1.807, 2.05) is 0 Å². The Morgan fingerprint density at radius 3 is 2.63 bits per heavy atom. The molecular formula is C16H25BrN2. The van der Waals surface area contributed by atoms with E-state index in [0.717, 1.165) is 29.5 Å². The van der Waals surface area contributed by atoms with Crippen LogP contribution in [-0.2, 0) is 0 Å². The molecule has 1 aromatic rings. The normalized spacial score (nSPS) is 25.7. The molecule has 106 valence electrons. The first kappa shape index (κ1) is 15.0. The van der Waals surface area contributed by atoms with Gasteiger partial charge in [0, 0.05) is 29.1 Å². The highest BCUT2D eigenvalue weighted by molar-refractivity contribution is 9.10. The van der Waals surface area contributed by atoms with Gasteiger partial charge in [-0.3, -0.25) is 4.90 Å². The molecule has 19 heavy (non-hydrogen) atoms. The number of nitrogens with zero attached hydrogens (tertiary/aromatic N) is 1. The maximum Gasteiger partial charge on any atom is 0.0307 e. The molecule has 1 aliphatic rings. The van der Waals surface area contributed by atoms with Gasteiger partial charge in [0.05, 0.1) is 0 Å². The second kappa shape index (κ2) is 6.87. The molecule has 2 N–H and O–H groups in total. The fourth-order valence-electron chi connectivity index (χ4n) is 3.13. The molecule has 3 heteroatoms. The van der Waals surface area contributed by atoms with Crippen molar-refractivity contribution in [2.24, 2.45) is 5.73 Å². The minimum Gasteiger partial charge on any atom is -0.324 e. The van der Waals surface area contributed by atoms with Crippen molar-refractivity contribution in [3.8, 4) is 0 Å². The Balaban J connectivity index is 1.89. The molecule has 3 atom stereocenters. The predicted octanol–water partition coefficient (Wildman–Crippen LogP) is 4.10. The maximum absolute atomic E-state index is 6.31. The van der Waals surface area contributed by atoms with Crippen LogP contribution in [0.25, 0.3) is 0 Å². The number of rotatable bonds is 5. The van der Waals surface area contributed by atoms with Gasteiger partial charge in [-0.2, -0.15) is 0 Å². The number of halogens is 1. The van der Waals surface area contributed by atoms with Crippen LogP contribution in [0.15, 0.2) is 28.7 Å². The fourth-order valence-corrected chi connectivity index (χ4v) is 3.40. The molecule has 0 spiro atoms. The number of likely N-dealkylation sites (tertiary alicyclic amines) is 1. The topological polar surface area (TPSA) is 29.3 Å². The minimum atomic E-state index is 0.151. The molecule has 1 aromatic carbocycles. The van der Waals surface area contributed by atoms with Crippen molar-refractivity contribution in [1.82, 2.24) is 4.90 Å². The van der Waals surface area contributed by atoms with E-state index >= 15 is 0 Å². The first-order valence-electron chi connectivity index (χ1n) is 7.38. The molecule has 3 unspecified atom stereocenters. The third-order valence-electron chi connectivity index (χ3n) is 4.42. The molecule has 2 rings (SSSR count). The summed E-state index contributed by atoms with van der Waals surface area (Å²) in [5, 5.41) is 0. The van der Waals surface area contributed by atoms with Crippen LogP contribution in [0.3, 0.4) is 0 Å². The average molecular weight is 325 g/mol. The van der Waals surface area contributed by atoms with Gasteiger partial charge in [0.1, 0.15) is 0 Å². The summed E-state index contributed by atoms with van der Waals surface area (Å²) in [6.45, 7) is 5.77. The summed E-state index contributed by atoms with van der Waals surface area (Å²) in [7, 11) is 0. The van der Waals surface area contributed by atoms with Gasteiger partial charge in [0.15, 0.2) is 0 Å². The highest BCUT2D eigenvalue weighted by atomic mass is 79.9. The Hall–Kier alpha value is -0.380. The SMILES string of the molecule is CCC1CCC(C)N1CCC(N)c1ccc(Br)cc1. The largest absolute Gasteiger partial charge is 0.324 e. The van der Waals surface area contributed by atoms with Gasteiger partial charge < -0.3 is 5.73 Å². The molecule has 1 fully saturated rings. The molecular weight excluding hydrogens is 300 g/mol. The molecule has 0 aliphatic carbocycles. The van der Waals surface area contributed by atoms with Gasteiger partial charge in [-0.05, 0) is 50.3 Å².